The maximum Gasteiger partial charge on any atom is 0.354 e. The van der Waals surface area contributed by atoms with Crippen LogP contribution in [0.25, 0.3) is 101 Å². The number of hydrogen-bond acceptors (Lipinski definition) is 14. The number of carbonyl (C=O) groups is 1. The standard InChI is InChI=1S/3C22H15N2.C6H5NO2.C5H12O4.C5H12O2.3Ir/c3*1-4-10-17(11-5-1)20-16-23-21(18-12-6-2-7-13-18)22(24-20)19-14-8-3-9-15-19;8-6(9)5-3-1-2-4-7-5;1-8-4(6)3-5(7)9-2;1-4(6)3-5(2)7;;;/h3*1-12,14-16H;1-4H,(H,8,9);4-7H,3H2,1-2H3;4-7H,3H2,1-2H3;;;/q3*-1;;;;;;. The van der Waals surface area contributed by atoms with Crippen LogP contribution < -0.4 is 0 Å². The summed E-state index contributed by atoms with van der Waals surface area (Å²) in [4.78, 5) is 42.6. The van der Waals surface area contributed by atoms with Crippen molar-refractivity contribution in [3.8, 4) is 101 Å². The number of nitrogens with zero attached hydrogens (tertiary/aromatic N) is 7. The van der Waals surface area contributed by atoms with E-state index in [4.69, 9.17) is 55.4 Å². The second-order valence-electron chi connectivity index (χ2n) is 21.5. The molecule has 515 valence electrons. The number of carboxylic acids is 1. The van der Waals surface area contributed by atoms with E-state index in [1.54, 1.807) is 26.0 Å². The van der Waals surface area contributed by atoms with Crippen LogP contribution in [0.3, 0.4) is 0 Å². The van der Waals surface area contributed by atoms with Gasteiger partial charge < -0.3 is 50.0 Å². The van der Waals surface area contributed by atoms with Crippen molar-refractivity contribution in [1.29, 1.82) is 0 Å². The first-order valence-corrected chi connectivity index (χ1v) is 31.2. The van der Waals surface area contributed by atoms with E-state index in [0.717, 1.165) is 101 Å². The topological polar surface area (TPSA) is 227 Å². The predicted octanol–water partition coefficient (Wildman–Crippen LogP) is 16.0. The number of methoxy groups -OCH3 is 2. The maximum absolute atomic E-state index is 10.1. The molecule has 0 amide bonds. The van der Waals surface area contributed by atoms with Gasteiger partial charge in [-0.15, -0.1) is 108 Å². The number of aromatic carboxylic acids is 1. The molecular formula is C82H74Ir3N7O8-3. The van der Waals surface area contributed by atoms with E-state index in [9.17, 15) is 4.79 Å². The van der Waals surface area contributed by atoms with Gasteiger partial charge in [-0.25, -0.2) is 9.78 Å². The van der Waals surface area contributed by atoms with E-state index in [2.05, 4.69) is 69.1 Å². The number of aliphatic hydroxyl groups is 4. The Morgan fingerprint density at radius 2 is 0.620 bits per heavy atom. The van der Waals surface area contributed by atoms with E-state index in [-0.39, 0.29) is 84.6 Å². The van der Waals surface area contributed by atoms with Gasteiger partial charge in [-0.2, -0.15) is 0 Å². The molecule has 0 aliphatic rings. The molecule has 4 aromatic heterocycles. The van der Waals surface area contributed by atoms with Gasteiger partial charge >= 0.3 is 5.97 Å². The molecule has 0 saturated heterocycles. The van der Waals surface area contributed by atoms with Crippen LogP contribution in [-0.4, -0.2) is 105 Å². The minimum atomic E-state index is -0.990. The zero-order chi connectivity index (χ0) is 68.4. The summed E-state index contributed by atoms with van der Waals surface area (Å²) in [7, 11) is 2.71. The van der Waals surface area contributed by atoms with Crippen molar-refractivity contribution in [3.63, 3.8) is 0 Å². The Balaban J connectivity index is 0.000000228. The first kappa shape index (κ1) is 81.2. The molecule has 18 heteroatoms. The second-order valence-corrected chi connectivity index (χ2v) is 21.5. The van der Waals surface area contributed by atoms with Crippen molar-refractivity contribution < 1.29 is 100 Å². The zero-order valence-corrected chi connectivity index (χ0v) is 62.3. The van der Waals surface area contributed by atoms with Gasteiger partial charge in [0.15, 0.2) is 12.6 Å². The Morgan fingerprint density at radius 1 is 0.350 bits per heavy atom. The number of benzene rings is 9. The molecule has 0 saturated carbocycles. The van der Waals surface area contributed by atoms with Crippen molar-refractivity contribution in [2.45, 2.75) is 51.5 Å². The third kappa shape index (κ3) is 26.0. The van der Waals surface area contributed by atoms with Crippen LogP contribution in [0.4, 0.5) is 0 Å². The molecule has 0 aliphatic carbocycles. The number of aliphatic hydroxyl groups excluding tert-OH is 4. The van der Waals surface area contributed by atoms with E-state index < -0.39 is 18.5 Å². The molecule has 0 spiro atoms. The quantitative estimate of drug-likeness (QED) is 0.0448. The summed E-state index contributed by atoms with van der Waals surface area (Å²) in [6.07, 6.45) is 4.85. The van der Waals surface area contributed by atoms with Crippen LogP contribution in [0, 0.1) is 18.2 Å². The van der Waals surface area contributed by atoms with Gasteiger partial charge in [-0.05, 0) is 49.1 Å². The Bertz CT molecular complexity index is 3970. The Hall–Kier alpha value is -9.45. The molecular weight excluding hydrogens is 1790 g/mol. The number of aromatic nitrogens is 7. The van der Waals surface area contributed by atoms with E-state index in [0.29, 0.717) is 6.42 Å². The third-order valence-corrected chi connectivity index (χ3v) is 14.1. The van der Waals surface area contributed by atoms with Crippen LogP contribution in [0.5, 0.6) is 0 Å². The van der Waals surface area contributed by atoms with Crippen molar-refractivity contribution in [3.05, 3.63) is 322 Å². The van der Waals surface area contributed by atoms with Crippen LogP contribution in [0.15, 0.2) is 298 Å². The smallest absolute Gasteiger partial charge is 0.354 e. The van der Waals surface area contributed by atoms with Crippen LogP contribution in [0.1, 0.15) is 37.2 Å². The normalized spacial score (nSPS) is 11.2. The van der Waals surface area contributed by atoms with E-state index >= 15 is 0 Å². The molecule has 4 unspecified atom stereocenters. The van der Waals surface area contributed by atoms with Gasteiger partial charge in [0.2, 0.25) is 0 Å². The molecule has 4 heterocycles. The monoisotopic (exact) mass is 1860 g/mol. The van der Waals surface area contributed by atoms with Crippen LogP contribution >= 0.6 is 0 Å². The number of rotatable bonds is 16. The first-order valence-electron chi connectivity index (χ1n) is 31.2. The zero-order valence-electron chi connectivity index (χ0n) is 55.1. The fourth-order valence-corrected chi connectivity index (χ4v) is 9.36. The molecule has 15 nitrogen and oxygen atoms in total. The summed E-state index contributed by atoms with van der Waals surface area (Å²) in [5.41, 5.74) is 17.0. The molecule has 0 aliphatic heterocycles. The van der Waals surface area contributed by atoms with Crippen molar-refractivity contribution in [2.75, 3.05) is 14.2 Å². The molecule has 13 aromatic rings. The van der Waals surface area contributed by atoms with Crippen molar-refractivity contribution in [1.82, 2.24) is 34.9 Å². The number of hydrogen-bond donors (Lipinski definition) is 5. The third-order valence-electron chi connectivity index (χ3n) is 14.1. The minimum Gasteiger partial charge on any atom is -0.477 e. The van der Waals surface area contributed by atoms with Crippen molar-refractivity contribution >= 4 is 5.97 Å². The summed E-state index contributed by atoms with van der Waals surface area (Å²) in [6, 6.07) is 99.0. The molecule has 0 bridgehead atoms. The summed E-state index contributed by atoms with van der Waals surface area (Å²) in [5.74, 6) is -0.990. The summed E-state index contributed by atoms with van der Waals surface area (Å²) in [6.45, 7) is 3.32. The average Bonchev–Trinajstić information content (AvgIpc) is 0.813. The predicted molar refractivity (Wildman–Crippen MR) is 381 cm³/mol. The largest absolute Gasteiger partial charge is 0.477 e. The van der Waals surface area contributed by atoms with Gasteiger partial charge in [0.1, 0.15) is 5.69 Å². The van der Waals surface area contributed by atoms with Gasteiger partial charge in [-0.1, -0.05) is 188 Å². The molecule has 13 rings (SSSR count). The fraction of sp³-hybridized carbons (Fsp3) is 0.122. The Morgan fingerprint density at radius 3 is 0.830 bits per heavy atom. The van der Waals surface area contributed by atoms with Gasteiger partial charge in [0.05, 0.1) is 46.4 Å². The van der Waals surface area contributed by atoms with Gasteiger partial charge in [0, 0.05) is 140 Å². The number of pyridine rings is 1. The van der Waals surface area contributed by atoms with Crippen molar-refractivity contribution in [2.24, 2.45) is 0 Å². The molecule has 4 atom stereocenters. The van der Waals surface area contributed by atoms with Gasteiger partial charge in [-0.3, -0.25) is 15.0 Å². The average molecular weight is 1860 g/mol. The molecule has 100 heavy (non-hydrogen) atoms. The minimum absolute atomic E-state index is 0. The van der Waals surface area contributed by atoms with Gasteiger partial charge in [0.25, 0.3) is 0 Å². The fourth-order valence-electron chi connectivity index (χ4n) is 9.36. The summed E-state index contributed by atoms with van der Waals surface area (Å²) in [5, 5.41) is 42.8. The van der Waals surface area contributed by atoms with E-state index in [1.165, 1.54) is 26.5 Å². The molecule has 3 radical (unpaired) electrons. The molecule has 0 fully saturated rings. The molecule has 5 N–H and O–H groups in total. The SMILES string of the molecule is CC(O)CC(C)O.COC(O)CC(O)OC.O=C(O)c1ccccn1.[Ir].[Ir].[Ir].[c-]1ccccc1-c1ncc(-c2ccccc2)nc1-c1ccccc1.[c-]1ccccc1-c1ncc(-c2ccccc2)nc1-c1ccccc1.[c-]1ccccc1-c1ncc(-c2ccccc2)nc1-c1ccccc1. The van der Waals surface area contributed by atoms with Crippen LogP contribution in [-0.2, 0) is 69.8 Å². The number of ether oxygens (including phenoxy) is 2. The van der Waals surface area contributed by atoms with E-state index in [1.807, 2.05) is 237 Å². The Labute approximate surface area is 624 Å². The summed E-state index contributed by atoms with van der Waals surface area (Å²) < 4.78 is 8.88. The summed E-state index contributed by atoms with van der Waals surface area (Å²) >= 11 is 0. The van der Waals surface area contributed by atoms with Crippen LogP contribution in [0.2, 0.25) is 0 Å². The molecule has 9 aromatic carbocycles. The Kier molecular flexibility index (Phi) is 36.2. The number of carboxylic acid groups (broad SMARTS) is 1. The second kappa shape index (κ2) is 44.5. The maximum atomic E-state index is 10.1. The first-order chi connectivity index (χ1) is 47.4.